The second-order valence-corrected chi connectivity index (χ2v) is 7.51. The Morgan fingerprint density at radius 2 is 2.17 bits per heavy atom. The molecule has 8 heteroatoms. The second-order valence-electron chi connectivity index (χ2n) is 4.67. The van der Waals surface area contributed by atoms with Gasteiger partial charge in [-0.15, -0.1) is 0 Å². The molecule has 1 aromatic heterocycles. The van der Waals surface area contributed by atoms with Crippen LogP contribution in [0.5, 0.6) is 0 Å². The molecule has 1 atom stereocenters. The van der Waals surface area contributed by atoms with Crippen molar-refractivity contribution in [3.8, 4) is 0 Å². The highest BCUT2D eigenvalue weighted by atomic mass is 32.2. The maximum absolute atomic E-state index is 12.3. The lowest BCUT2D eigenvalue weighted by Gasteiger charge is -2.23. The van der Waals surface area contributed by atoms with Crippen molar-refractivity contribution < 1.29 is 8.42 Å². The van der Waals surface area contributed by atoms with Gasteiger partial charge in [-0.3, -0.25) is 0 Å². The zero-order valence-corrected chi connectivity index (χ0v) is 12.4. The first-order valence-corrected chi connectivity index (χ1v) is 8.01. The summed E-state index contributed by atoms with van der Waals surface area (Å²) in [6.45, 7) is 2.95. The lowest BCUT2D eigenvalue weighted by atomic mass is 10.2. The molecule has 18 heavy (non-hydrogen) atoms. The smallest absolute Gasteiger partial charge is 0.249 e. The van der Waals surface area contributed by atoms with Gasteiger partial charge in [0.2, 0.25) is 10.0 Å². The molecule has 1 unspecified atom stereocenters. The highest BCUT2D eigenvalue weighted by molar-refractivity contribution is 7.89. The van der Waals surface area contributed by atoms with Crippen molar-refractivity contribution in [2.75, 3.05) is 31.3 Å². The Hall–Kier alpha value is -0.860. The molecule has 0 aliphatic carbocycles. The Labute approximate surface area is 112 Å². The Morgan fingerprint density at radius 1 is 1.50 bits per heavy atom. The molecule has 102 valence electrons. The van der Waals surface area contributed by atoms with Gasteiger partial charge < -0.3 is 10.6 Å². The Bertz CT molecular complexity index is 538. The molecule has 2 heterocycles. The Balaban J connectivity index is 2.52. The average molecular weight is 290 g/mol. The first-order chi connectivity index (χ1) is 8.35. The van der Waals surface area contributed by atoms with Crippen LogP contribution in [0.1, 0.15) is 19.8 Å². The van der Waals surface area contributed by atoms with Crippen LogP contribution in [0.3, 0.4) is 0 Å². The van der Waals surface area contributed by atoms with E-state index in [2.05, 4.69) is 16.2 Å². The summed E-state index contributed by atoms with van der Waals surface area (Å²) in [5.41, 5.74) is 5.75. The first-order valence-electron chi connectivity index (χ1n) is 5.80. The molecule has 0 radical (unpaired) electrons. The number of sulfonamides is 1. The van der Waals surface area contributed by atoms with Crippen LogP contribution in [-0.2, 0) is 10.0 Å². The number of aromatic nitrogens is 1. The van der Waals surface area contributed by atoms with Gasteiger partial charge in [-0.05, 0) is 31.3 Å². The van der Waals surface area contributed by atoms with Crippen molar-refractivity contribution in [2.24, 2.45) is 0 Å². The zero-order chi connectivity index (χ0) is 13.5. The number of hydrogen-bond donors (Lipinski definition) is 1. The van der Waals surface area contributed by atoms with Crippen LogP contribution >= 0.6 is 11.5 Å². The predicted molar refractivity (Wildman–Crippen MR) is 73.4 cm³/mol. The van der Waals surface area contributed by atoms with Crippen LogP contribution in [0, 0.1) is 0 Å². The summed E-state index contributed by atoms with van der Waals surface area (Å²) in [6.07, 6.45) is 2.14. The maximum Gasteiger partial charge on any atom is 0.249 e. The molecule has 6 nitrogen and oxygen atoms in total. The Morgan fingerprint density at radius 3 is 2.67 bits per heavy atom. The molecule has 1 aliphatic heterocycles. The molecular weight excluding hydrogens is 272 g/mol. The summed E-state index contributed by atoms with van der Waals surface area (Å²) in [6, 6.07) is 0.334. The topological polar surface area (TPSA) is 79.5 Å². The highest BCUT2D eigenvalue weighted by Crippen LogP contribution is 2.39. The summed E-state index contributed by atoms with van der Waals surface area (Å²) in [5.74, 6) is 0.0998. The molecule has 0 saturated carbocycles. The van der Waals surface area contributed by atoms with E-state index in [1.807, 2.05) is 0 Å². The molecule has 1 fully saturated rings. The summed E-state index contributed by atoms with van der Waals surface area (Å²) in [5, 5.41) is 0.672. The van der Waals surface area contributed by atoms with Crippen LogP contribution in [0.4, 0.5) is 10.8 Å². The van der Waals surface area contributed by atoms with Gasteiger partial charge in [0.15, 0.2) is 10.7 Å². The van der Waals surface area contributed by atoms with Crippen molar-refractivity contribution in [1.29, 1.82) is 0 Å². The van der Waals surface area contributed by atoms with E-state index in [9.17, 15) is 8.42 Å². The van der Waals surface area contributed by atoms with Crippen molar-refractivity contribution in [3.63, 3.8) is 0 Å². The van der Waals surface area contributed by atoms with E-state index < -0.39 is 10.0 Å². The largest absolute Gasteiger partial charge is 0.382 e. The predicted octanol–water partition coefficient (Wildman–Crippen LogP) is 0.964. The standard InChI is InChI=1S/C10H18N4O2S2/c1-7-5-4-6-14(7)10-8(9(11)12-17-10)18(15,16)13(2)3/h7H,4-6H2,1-3H3,(H2,11,12). The molecule has 0 bridgehead atoms. The van der Waals surface area contributed by atoms with Crippen LogP contribution in [0.2, 0.25) is 0 Å². The minimum absolute atomic E-state index is 0.0998. The van der Waals surface area contributed by atoms with Gasteiger partial charge in [0.1, 0.15) is 5.00 Å². The van der Waals surface area contributed by atoms with Gasteiger partial charge in [-0.25, -0.2) is 12.7 Å². The van der Waals surface area contributed by atoms with E-state index in [4.69, 9.17) is 5.73 Å². The molecule has 1 saturated heterocycles. The zero-order valence-electron chi connectivity index (χ0n) is 10.8. The van der Waals surface area contributed by atoms with Crippen LogP contribution in [0.25, 0.3) is 0 Å². The summed E-state index contributed by atoms with van der Waals surface area (Å²) in [7, 11) is -0.534. The van der Waals surface area contributed by atoms with Crippen molar-refractivity contribution in [2.45, 2.75) is 30.7 Å². The monoisotopic (exact) mass is 290 g/mol. The van der Waals surface area contributed by atoms with Gasteiger partial charge in [0.25, 0.3) is 0 Å². The molecule has 2 N–H and O–H groups in total. The summed E-state index contributed by atoms with van der Waals surface area (Å²) < 4.78 is 29.8. The maximum atomic E-state index is 12.3. The van der Waals surface area contributed by atoms with Gasteiger partial charge in [0, 0.05) is 26.7 Å². The van der Waals surface area contributed by atoms with E-state index in [0.29, 0.717) is 11.0 Å². The van der Waals surface area contributed by atoms with Crippen LogP contribution < -0.4 is 10.6 Å². The molecular formula is C10H18N4O2S2. The van der Waals surface area contributed by atoms with Crippen molar-refractivity contribution in [1.82, 2.24) is 8.68 Å². The van der Waals surface area contributed by atoms with Gasteiger partial charge in [0.05, 0.1) is 0 Å². The van der Waals surface area contributed by atoms with E-state index in [-0.39, 0.29) is 10.7 Å². The van der Waals surface area contributed by atoms with E-state index >= 15 is 0 Å². The molecule has 0 amide bonds. The lowest BCUT2D eigenvalue weighted by Crippen LogP contribution is -2.29. The minimum atomic E-state index is -3.54. The summed E-state index contributed by atoms with van der Waals surface area (Å²) >= 11 is 1.17. The fraction of sp³-hybridized carbons (Fsp3) is 0.700. The number of anilines is 2. The van der Waals surface area contributed by atoms with Crippen LogP contribution in [-0.4, -0.2) is 43.8 Å². The third-order valence-corrected chi connectivity index (χ3v) is 6.12. The van der Waals surface area contributed by atoms with E-state index in [0.717, 1.165) is 19.4 Å². The number of nitrogens with zero attached hydrogens (tertiary/aromatic N) is 3. The summed E-state index contributed by atoms with van der Waals surface area (Å²) in [4.78, 5) is 2.25. The number of rotatable bonds is 3. The van der Waals surface area contributed by atoms with Crippen molar-refractivity contribution >= 4 is 32.4 Å². The van der Waals surface area contributed by atoms with Gasteiger partial charge in [-0.1, -0.05) is 0 Å². The fourth-order valence-electron chi connectivity index (χ4n) is 2.13. The van der Waals surface area contributed by atoms with E-state index in [1.54, 1.807) is 0 Å². The van der Waals surface area contributed by atoms with Crippen molar-refractivity contribution in [3.05, 3.63) is 0 Å². The number of nitrogen functional groups attached to an aromatic ring is 1. The van der Waals surface area contributed by atoms with Crippen LogP contribution in [0.15, 0.2) is 4.90 Å². The molecule has 0 aromatic carbocycles. The number of nitrogens with two attached hydrogens (primary N) is 1. The quantitative estimate of drug-likeness (QED) is 0.897. The minimum Gasteiger partial charge on any atom is -0.382 e. The third kappa shape index (κ3) is 2.08. The first kappa shape index (κ1) is 13.6. The molecule has 2 rings (SSSR count). The van der Waals surface area contributed by atoms with E-state index in [1.165, 1.54) is 29.9 Å². The molecule has 1 aromatic rings. The molecule has 1 aliphatic rings. The lowest BCUT2D eigenvalue weighted by molar-refractivity contribution is 0.521. The Kier molecular flexibility index (Phi) is 3.52. The second kappa shape index (κ2) is 4.67. The molecule has 0 spiro atoms. The third-order valence-electron chi connectivity index (χ3n) is 3.21. The normalized spacial score (nSPS) is 20.9. The average Bonchev–Trinajstić information content (AvgIpc) is 2.84. The fourth-order valence-corrected chi connectivity index (χ4v) is 4.47. The van der Waals surface area contributed by atoms with Gasteiger partial charge in [-0.2, -0.15) is 4.37 Å². The number of hydrogen-bond acceptors (Lipinski definition) is 6. The van der Waals surface area contributed by atoms with Gasteiger partial charge >= 0.3 is 0 Å². The SMILES string of the molecule is CC1CCCN1c1snc(N)c1S(=O)(=O)N(C)C. The highest BCUT2D eigenvalue weighted by Gasteiger charge is 2.33.